The van der Waals surface area contributed by atoms with Crippen molar-refractivity contribution in [3.8, 4) is 0 Å². The molecule has 14 heteroatoms. The van der Waals surface area contributed by atoms with E-state index >= 15 is 0 Å². The van der Waals surface area contributed by atoms with Crippen LogP contribution >= 0.6 is 46.1 Å². The lowest BCUT2D eigenvalue weighted by molar-refractivity contribution is -0.149. The monoisotopic (exact) mass is 569 g/mol. The molecule has 3 nitrogen and oxygen atoms in total. The van der Waals surface area contributed by atoms with E-state index in [1.165, 1.54) is 24.3 Å². The van der Waals surface area contributed by atoms with Gasteiger partial charge in [0, 0.05) is 29.0 Å². The predicted molar refractivity (Wildman–Crippen MR) is 121 cm³/mol. The van der Waals surface area contributed by atoms with Gasteiger partial charge in [-0.3, -0.25) is 4.90 Å². The molecule has 1 heterocycles. The van der Waals surface area contributed by atoms with Gasteiger partial charge in [-0.05, 0) is 23.8 Å². The first-order valence-electron chi connectivity index (χ1n) is 9.39. The van der Waals surface area contributed by atoms with Crippen LogP contribution in [0.4, 0.5) is 35.9 Å². The maximum atomic E-state index is 13.5. The summed E-state index contributed by atoms with van der Waals surface area (Å²) >= 11 is 17.9. The third-order valence-corrected chi connectivity index (χ3v) is 5.69. The van der Waals surface area contributed by atoms with Gasteiger partial charge in [0.05, 0.1) is 18.0 Å². The Balaban J connectivity index is 2.26. The lowest BCUT2D eigenvalue weighted by Gasteiger charge is -2.23. The van der Waals surface area contributed by atoms with Crippen LogP contribution in [0.1, 0.15) is 16.1 Å². The Bertz CT molecular complexity index is 1000. The summed E-state index contributed by atoms with van der Waals surface area (Å²) in [6.45, 7) is -2.63. The van der Waals surface area contributed by atoms with Gasteiger partial charge in [-0.25, -0.2) is 9.37 Å². The third-order valence-electron chi connectivity index (χ3n) is 4.03. The van der Waals surface area contributed by atoms with E-state index in [-0.39, 0.29) is 34.2 Å². The Kier molecular flexibility index (Phi) is 10.5. The second-order valence-corrected chi connectivity index (χ2v) is 9.18. The molecule has 2 aromatic rings. The van der Waals surface area contributed by atoms with Gasteiger partial charge in [-0.2, -0.15) is 26.3 Å². The molecule has 0 aliphatic heterocycles. The Morgan fingerprint density at radius 2 is 1.71 bits per heavy atom. The third kappa shape index (κ3) is 9.99. The number of benzene rings is 1. The average Bonchev–Trinajstić information content (AvgIpc) is 3.10. The summed E-state index contributed by atoms with van der Waals surface area (Å²) in [4.78, 5) is 3.87. The molecule has 0 unspecified atom stereocenters. The molecule has 188 valence electrons. The molecule has 0 amide bonds. The first-order chi connectivity index (χ1) is 15.8. The molecule has 2 rings (SSSR count). The van der Waals surface area contributed by atoms with E-state index in [0.717, 1.165) is 17.0 Å². The van der Waals surface area contributed by atoms with Crippen LogP contribution < -0.4 is 5.32 Å². The van der Waals surface area contributed by atoms with Crippen molar-refractivity contribution in [3.05, 3.63) is 68.4 Å². The molecule has 0 radical (unpaired) electrons. The number of rotatable bonds is 10. The van der Waals surface area contributed by atoms with Crippen LogP contribution in [0.25, 0.3) is 0 Å². The second-order valence-electron chi connectivity index (χ2n) is 6.86. The highest BCUT2D eigenvalue weighted by molar-refractivity contribution is 7.15. The van der Waals surface area contributed by atoms with Gasteiger partial charge in [0.15, 0.2) is 10.8 Å². The van der Waals surface area contributed by atoms with Crippen molar-refractivity contribution in [1.82, 2.24) is 9.88 Å². The zero-order valence-corrected chi connectivity index (χ0v) is 20.2. The normalized spacial score (nSPS) is 13.6. The largest absolute Gasteiger partial charge is 0.434 e. The lowest BCUT2D eigenvalue weighted by Crippen LogP contribution is -2.33. The molecule has 0 saturated carbocycles. The molecule has 0 aliphatic rings. The van der Waals surface area contributed by atoms with E-state index in [4.69, 9.17) is 34.8 Å². The van der Waals surface area contributed by atoms with Crippen LogP contribution in [0.3, 0.4) is 0 Å². The molecule has 0 fully saturated rings. The lowest BCUT2D eigenvalue weighted by atomic mass is 10.2. The maximum Gasteiger partial charge on any atom is 0.434 e. The molecule has 1 aromatic heterocycles. The molecule has 0 spiro atoms. The number of allylic oxidation sites excluding steroid dienone is 3. The fraction of sp³-hybridized carbons (Fsp3) is 0.350. The quantitative estimate of drug-likeness (QED) is 0.180. The molecule has 0 bridgehead atoms. The van der Waals surface area contributed by atoms with Crippen molar-refractivity contribution in [3.63, 3.8) is 0 Å². The highest BCUT2D eigenvalue weighted by Gasteiger charge is 2.39. The molecule has 0 atom stereocenters. The minimum absolute atomic E-state index is 0.125. The Hall–Kier alpha value is -1.53. The number of nitrogens with one attached hydrogen (secondary N) is 1. The van der Waals surface area contributed by atoms with Gasteiger partial charge < -0.3 is 5.32 Å². The van der Waals surface area contributed by atoms with Crippen LogP contribution in [0.15, 0.2) is 46.5 Å². The van der Waals surface area contributed by atoms with Gasteiger partial charge in [-0.1, -0.05) is 41.4 Å². The van der Waals surface area contributed by atoms with E-state index in [1.54, 1.807) is 0 Å². The molecule has 0 aliphatic carbocycles. The first kappa shape index (κ1) is 28.7. The van der Waals surface area contributed by atoms with E-state index in [0.29, 0.717) is 16.9 Å². The molecular weight excluding hydrogens is 554 g/mol. The van der Waals surface area contributed by atoms with Crippen molar-refractivity contribution in [2.24, 2.45) is 0 Å². The summed E-state index contributed by atoms with van der Waals surface area (Å²) in [5.74, 6) is -0.458. The minimum atomic E-state index is -4.89. The summed E-state index contributed by atoms with van der Waals surface area (Å²) in [6, 6.07) is 4.65. The van der Waals surface area contributed by atoms with E-state index in [2.05, 4.69) is 10.3 Å². The molecule has 34 heavy (non-hydrogen) atoms. The summed E-state index contributed by atoms with van der Waals surface area (Å²) in [5.41, 5.74) is -0.993. The Morgan fingerprint density at radius 3 is 2.26 bits per heavy atom. The van der Waals surface area contributed by atoms with Crippen molar-refractivity contribution in [1.29, 1.82) is 0 Å². The molecule has 1 N–H and O–H groups in total. The number of hydrogen-bond acceptors (Lipinski definition) is 4. The highest BCUT2D eigenvalue weighted by Crippen LogP contribution is 2.37. The van der Waals surface area contributed by atoms with Crippen LogP contribution in [-0.2, 0) is 19.3 Å². The summed E-state index contributed by atoms with van der Waals surface area (Å²) < 4.78 is 93.0. The topological polar surface area (TPSA) is 28.2 Å². The predicted octanol–water partition coefficient (Wildman–Crippen LogP) is 7.76. The zero-order valence-electron chi connectivity index (χ0n) is 17.1. The van der Waals surface area contributed by atoms with E-state index < -0.39 is 41.8 Å². The van der Waals surface area contributed by atoms with Gasteiger partial charge in [-0.15, -0.1) is 22.9 Å². The smallest absolute Gasteiger partial charge is 0.357 e. The number of alkyl halides is 7. The van der Waals surface area contributed by atoms with Gasteiger partial charge in [0.1, 0.15) is 5.82 Å². The van der Waals surface area contributed by atoms with Crippen molar-refractivity contribution in [2.75, 3.05) is 24.3 Å². The zero-order chi connectivity index (χ0) is 25.5. The summed E-state index contributed by atoms with van der Waals surface area (Å²) in [6.07, 6.45) is -6.77. The number of thiazole rings is 1. The molecular formula is C20H17Cl3F7N3S. The fourth-order valence-electron chi connectivity index (χ4n) is 2.72. The van der Waals surface area contributed by atoms with Crippen molar-refractivity contribution >= 4 is 51.3 Å². The van der Waals surface area contributed by atoms with Crippen molar-refractivity contribution < 1.29 is 30.7 Å². The minimum Gasteiger partial charge on any atom is -0.357 e. The van der Waals surface area contributed by atoms with E-state index in [1.807, 2.05) is 0 Å². The SMILES string of the molecule is Fc1ccc(CN(Cc2sc(NC/C(Cl)=C\C(Cl)=C/CCl)nc2C(F)(F)F)CC(F)(F)F)cc1. The van der Waals surface area contributed by atoms with Crippen LogP contribution in [0, 0.1) is 5.82 Å². The van der Waals surface area contributed by atoms with Crippen LogP contribution in [0.5, 0.6) is 0 Å². The number of aromatic nitrogens is 1. The maximum absolute atomic E-state index is 13.5. The summed E-state index contributed by atoms with van der Waals surface area (Å²) in [5, 5.41) is 2.80. The van der Waals surface area contributed by atoms with Crippen LogP contribution in [-0.4, -0.2) is 35.0 Å². The number of anilines is 1. The Morgan fingerprint density at radius 1 is 1.06 bits per heavy atom. The van der Waals surface area contributed by atoms with E-state index in [9.17, 15) is 30.7 Å². The van der Waals surface area contributed by atoms with Gasteiger partial charge >= 0.3 is 12.4 Å². The highest BCUT2D eigenvalue weighted by atomic mass is 35.5. The van der Waals surface area contributed by atoms with Crippen LogP contribution in [0.2, 0.25) is 0 Å². The number of hydrogen-bond donors (Lipinski definition) is 1. The number of halogens is 10. The second kappa shape index (κ2) is 12.4. The average molecular weight is 571 g/mol. The molecule has 1 aromatic carbocycles. The van der Waals surface area contributed by atoms with Gasteiger partial charge in [0.2, 0.25) is 0 Å². The summed E-state index contributed by atoms with van der Waals surface area (Å²) in [7, 11) is 0. The van der Waals surface area contributed by atoms with Gasteiger partial charge in [0.25, 0.3) is 0 Å². The fourth-order valence-corrected chi connectivity index (χ4v) is 4.44. The number of nitrogens with zero attached hydrogens (tertiary/aromatic N) is 2. The van der Waals surface area contributed by atoms with Crippen molar-refractivity contribution in [2.45, 2.75) is 25.4 Å². The first-order valence-corrected chi connectivity index (χ1v) is 11.5. The standard InChI is InChI=1S/C20H17Cl3F7N3S/c21-6-5-13(22)7-14(23)8-31-18-32-17(20(28,29)30)16(34-18)10-33(11-19(25,26)27)9-12-1-3-15(24)4-2-12/h1-5,7H,6,8-11H2,(H,31,32)/b13-5+,14-7+. The Labute approximate surface area is 209 Å². The molecule has 0 saturated heterocycles.